The van der Waals surface area contributed by atoms with Gasteiger partial charge in [-0.1, -0.05) is 50.2 Å². The van der Waals surface area contributed by atoms with Crippen molar-refractivity contribution in [2.24, 2.45) is 16.3 Å². The Morgan fingerprint density at radius 2 is 1.84 bits per heavy atom. The summed E-state index contributed by atoms with van der Waals surface area (Å²) in [4.78, 5) is 35.7. The van der Waals surface area contributed by atoms with Gasteiger partial charge in [-0.2, -0.15) is 0 Å². The Labute approximate surface area is 183 Å². The van der Waals surface area contributed by atoms with Crippen LogP contribution in [0.3, 0.4) is 0 Å². The topological polar surface area (TPSA) is 68.6 Å². The van der Waals surface area contributed by atoms with Crippen molar-refractivity contribution in [3.8, 4) is 0 Å². The lowest BCUT2D eigenvalue weighted by Gasteiger charge is -2.38. The average Bonchev–Trinajstić information content (AvgIpc) is 2.73. The lowest BCUT2D eigenvalue weighted by atomic mass is 9.67. The Balaban J connectivity index is 1.63. The third kappa shape index (κ3) is 4.50. The number of carbonyl (C=O) groups is 2. The minimum Gasteiger partial charge on any atom is -0.465 e. The summed E-state index contributed by atoms with van der Waals surface area (Å²) in [5, 5.41) is 0. The highest BCUT2D eigenvalue weighted by Gasteiger charge is 2.46. The molecule has 2 aromatic rings. The smallest absolute Gasteiger partial charge is 0.315 e. The van der Waals surface area contributed by atoms with Crippen LogP contribution in [0.1, 0.15) is 50.8 Å². The number of rotatable bonds is 5. The molecule has 0 spiro atoms. The maximum Gasteiger partial charge on any atom is 0.315 e. The highest BCUT2D eigenvalue weighted by Crippen LogP contribution is 2.47. The van der Waals surface area contributed by atoms with E-state index in [1.165, 1.54) is 0 Å². The van der Waals surface area contributed by atoms with Crippen LogP contribution in [0, 0.1) is 11.3 Å². The zero-order chi connectivity index (χ0) is 22.0. The number of hydrogen-bond acceptors (Lipinski definition) is 5. The molecule has 1 aromatic heterocycles. The molecular formula is C26H28N2O3. The molecule has 2 heterocycles. The number of ketones is 1. The van der Waals surface area contributed by atoms with Crippen LogP contribution in [-0.4, -0.2) is 29.1 Å². The molecule has 0 radical (unpaired) electrons. The van der Waals surface area contributed by atoms with E-state index < -0.39 is 11.8 Å². The van der Waals surface area contributed by atoms with Gasteiger partial charge in [0.1, 0.15) is 5.92 Å². The van der Waals surface area contributed by atoms with Gasteiger partial charge in [0, 0.05) is 41.7 Å². The van der Waals surface area contributed by atoms with E-state index in [9.17, 15) is 9.59 Å². The van der Waals surface area contributed by atoms with Crippen molar-refractivity contribution in [1.82, 2.24) is 4.98 Å². The van der Waals surface area contributed by atoms with Gasteiger partial charge in [-0.25, -0.2) is 0 Å². The van der Waals surface area contributed by atoms with Crippen molar-refractivity contribution in [2.45, 2.75) is 46.0 Å². The standard InChI is InChI=1S/C26H28N2O3/c1-17-22(25(30)31-14-12-18-9-5-4-6-10-18)24(19-11-7-8-13-27-19)23-20(28-17)15-26(2,3)16-21(23)29/h4-11,13,22,24H,12,14-16H2,1-3H3/t22?,24-/m0/s1. The van der Waals surface area contributed by atoms with E-state index in [0.29, 0.717) is 36.2 Å². The summed E-state index contributed by atoms with van der Waals surface area (Å²) in [6.45, 7) is 6.31. The van der Waals surface area contributed by atoms with Crippen molar-refractivity contribution < 1.29 is 14.3 Å². The van der Waals surface area contributed by atoms with E-state index in [1.54, 1.807) is 6.20 Å². The van der Waals surface area contributed by atoms with Crippen LogP contribution in [0.5, 0.6) is 0 Å². The SMILES string of the molecule is CC1=NC2=C(C(=O)CC(C)(C)C2)[C@@H](c2ccccn2)C1C(=O)OCCc1ccccc1. The minimum absolute atomic E-state index is 0.0558. The number of ether oxygens (including phenoxy) is 1. The van der Waals surface area contributed by atoms with Crippen LogP contribution in [0.15, 0.2) is 71.0 Å². The summed E-state index contributed by atoms with van der Waals surface area (Å²) in [5.41, 5.74) is 3.79. The fraction of sp³-hybridized carbons (Fsp3) is 0.385. The first-order valence-corrected chi connectivity index (χ1v) is 10.8. The van der Waals surface area contributed by atoms with Gasteiger partial charge in [0.05, 0.1) is 12.5 Å². The number of esters is 1. The van der Waals surface area contributed by atoms with E-state index >= 15 is 0 Å². The third-order valence-corrected chi connectivity index (χ3v) is 6.04. The van der Waals surface area contributed by atoms with Crippen LogP contribution >= 0.6 is 0 Å². The Kier molecular flexibility index (Phi) is 5.86. The predicted molar refractivity (Wildman–Crippen MR) is 120 cm³/mol. The monoisotopic (exact) mass is 416 g/mol. The van der Waals surface area contributed by atoms with Gasteiger partial charge < -0.3 is 4.74 Å². The first-order valence-electron chi connectivity index (χ1n) is 10.8. The normalized spacial score (nSPS) is 22.5. The maximum atomic E-state index is 13.2. The van der Waals surface area contributed by atoms with E-state index in [2.05, 4.69) is 18.8 Å². The molecule has 31 heavy (non-hydrogen) atoms. The Morgan fingerprint density at radius 3 is 2.55 bits per heavy atom. The third-order valence-electron chi connectivity index (χ3n) is 6.04. The van der Waals surface area contributed by atoms with Gasteiger partial charge in [-0.3, -0.25) is 19.6 Å². The molecule has 160 valence electrons. The molecule has 0 N–H and O–H groups in total. The van der Waals surface area contributed by atoms with Crippen LogP contribution < -0.4 is 0 Å². The molecule has 1 aliphatic carbocycles. The second kappa shape index (κ2) is 8.58. The first-order chi connectivity index (χ1) is 14.9. The number of aromatic nitrogens is 1. The van der Waals surface area contributed by atoms with Gasteiger partial charge in [0.2, 0.25) is 0 Å². The van der Waals surface area contributed by atoms with Crippen molar-refractivity contribution in [3.05, 3.63) is 77.3 Å². The number of benzene rings is 1. The van der Waals surface area contributed by atoms with Gasteiger partial charge in [0.25, 0.3) is 0 Å². The number of nitrogens with zero attached hydrogens (tertiary/aromatic N) is 2. The van der Waals surface area contributed by atoms with Crippen LogP contribution in [0.4, 0.5) is 0 Å². The van der Waals surface area contributed by atoms with Gasteiger partial charge in [-0.05, 0) is 36.5 Å². The number of pyridine rings is 1. The molecule has 0 amide bonds. The van der Waals surface area contributed by atoms with Crippen molar-refractivity contribution in [2.75, 3.05) is 6.61 Å². The van der Waals surface area contributed by atoms with E-state index in [-0.39, 0.29) is 23.8 Å². The molecule has 5 nitrogen and oxygen atoms in total. The van der Waals surface area contributed by atoms with Gasteiger partial charge >= 0.3 is 5.97 Å². The molecule has 2 aliphatic rings. The highest BCUT2D eigenvalue weighted by atomic mass is 16.5. The predicted octanol–water partition coefficient (Wildman–Crippen LogP) is 4.69. The summed E-state index contributed by atoms with van der Waals surface area (Å²) in [6, 6.07) is 15.5. The Hall–Kier alpha value is -3.08. The Bertz CT molecular complexity index is 1040. The molecule has 2 atom stereocenters. The molecular weight excluding hydrogens is 388 g/mol. The Morgan fingerprint density at radius 1 is 1.10 bits per heavy atom. The molecule has 0 bridgehead atoms. The first kappa shape index (κ1) is 21.2. The van der Waals surface area contributed by atoms with E-state index in [1.807, 2.05) is 55.5 Å². The molecule has 0 saturated heterocycles. The van der Waals surface area contributed by atoms with Crippen LogP contribution in [0.25, 0.3) is 0 Å². The zero-order valence-electron chi connectivity index (χ0n) is 18.3. The number of carbonyl (C=O) groups excluding carboxylic acids is 2. The molecule has 0 saturated carbocycles. The van der Waals surface area contributed by atoms with Gasteiger partial charge in [-0.15, -0.1) is 0 Å². The fourth-order valence-electron chi connectivity index (χ4n) is 4.63. The second-order valence-corrected chi connectivity index (χ2v) is 9.17. The molecule has 5 heteroatoms. The van der Waals surface area contributed by atoms with E-state index in [4.69, 9.17) is 9.73 Å². The lowest BCUT2D eigenvalue weighted by molar-refractivity contribution is -0.146. The summed E-state index contributed by atoms with van der Waals surface area (Å²) in [6.07, 6.45) is 3.50. The second-order valence-electron chi connectivity index (χ2n) is 9.17. The quantitative estimate of drug-likeness (QED) is 0.664. The molecule has 4 rings (SSSR count). The maximum absolute atomic E-state index is 13.2. The van der Waals surface area contributed by atoms with Crippen molar-refractivity contribution >= 4 is 17.5 Å². The zero-order valence-corrected chi connectivity index (χ0v) is 18.3. The summed E-state index contributed by atoms with van der Waals surface area (Å²) < 4.78 is 5.68. The largest absolute Gasteiger partial charge is 0.465 e. The molecule has 1 aromatic carbocycles. The minimum atomic E-state index is -0.644. The molecule has 1 unspecified atom stereocenters. The van der Waals surface area contributed by atoms with E-state index in [0.717, 1.165) is 11.3 Å². The fourth-order valence-corrected chi connectivity index (χ4v) is 4.63. The molecule has 0 fully saturated rings. The number of hydrogen-bond donors (Lipinski definition) is 0. The summed E-state index contributed by atoms with van der Waals surface area (Å²) in [7, 11) is 0. The number of Topliss-reactive ketones (excluding diaryl/α,β-unsaturated/α-hetero) is 1. The lowest BCUT2D eigenvalue weighted by Crippen LogP contribution is -2.40. The molecule has 1 aliphatic heterocycles. The van der Waals surface area contributed by atoms with Crippen molar-refractivity contribution in [3.63, 3.8) is 0 Å². The summed E-state index contributed by atoms with van der Waals surface area (Å²) in [5.74, 6) is -1.40. The highest BCUT2D eigenvalue weighted by molar-refractivity contribution is 6.08. The van der Waals surface area contributed by atoms with Crippen LogP contribution in [-0.2, 0) is 20.7 Å². The number of allylic oxidation sites excluding steroid dienone is 2. The van der Waals surface area contributed by atoms with Crippen LogP contribution in [0.2, 0.25) is 0 Å². The van der Waals surface area contributed by atoms with Gasteiger partial charge in [0.15, 0.2) is 5.78 Å². The summed E-state index contributed by atoms with van der Waals surface area (Å²) >= 11 is 0. The number of aliphatic imine (C=N–C) groups is 1. The van der Waals surface area contributed by atoms with Crippen molar-refractivity contribution in [1.29, 1.82) is 0 Å². The average molecular weight is 417 g/mol.